The van der Waals surface area contributed by atoms with Gasteiger partial charge < -0.3 is 34.5 Å². The average Bonchev–Trinajstić information content (AvgIpc) is 3.25. The van der Waals surface area contributed by atoms with Crippen molar-refractivity contribution in [2.24, 2.45) is 0 Å². The molecule has 1 unspecified atom stereocenters. The minimum atomic E-state index is -0.642. The zero-order chi connectivity index (χ0) is 28.2. The third-order valence-corrected chi connectivity index (χ3v) is 7.67. The summed E-state index contributed by atoms with van der Waals surface area (Å²) >= 11 is 6.67. The van der Waals surface area contributed by atoms with E-state index < -0.39 is 6.10 Å². The molecule has 3 aromatic rings. The maximum atomic E-state index is 10.1. The molecule has 0 amide bonds. The first kappa shape index (κ1) is 28.7. The standard InChI is InChI=1S/C28H37ClN6O5/c1-16-26(25-17(2)34-40-18(25)3)32-28(23-9-22(5-6-24(23)29)39-15-21(36)11-30-4)33-27(16)31-10-19-12-37-8-7-35(19)20-13-38-14-20/h5-6,9,19-21,30,36H,7-8,10-15H2,1-4H3,(H,31,32,33)/t19-,21?/m0/s1. The number of aryl methyl sites for hydroxylation is 2. The molecular formula is C28H37ClN6O5. The first-order chi connectivity index (χ1) is 19.4. The predicted octanol–water partition coefficient (Wildman–Crippen LogP) is 2.85. The van der Waals surface area contributed by atoms with Crippen LogP contribution < -0.4 is 15.4 Å². The van der Waals surface area contributed by atoms with Crippen LogP contribution in [-0.2, 0) is 9.47 Å². The van der Waals surface area contributed by atoms with Gasteiger partial charge in [0.2, 0.25) is 0 Å². The van der Waals surface area contributed by atoms with Gasteiger partial charge in [-0.3, -0.25) is 4.90 Å². The fraction of sp³-hybridized carbons (Fsp3) is 0.536. The SMILES string of the molecule is CNCC(O)COc1ccc(Cl)c(-c2nc(NC[C@H]3COCCN3C3COC3)c(C)c(-c3c(C)noc3C)n2)c1. The Morgan fingerprint density at radius 3 is 2.70 bits per heavy atom. The Kier molecular flexibility index (Phi) is 9.19. The Bertz CT molecular complexity index is 1300. The van der Waals surface area contributed by atoms with E-state index in [-0.39, 0.29) is 12.6 Å². The lowest BCUT2D eigenvalue weighted by atomic mass is 10.0. The van der Waals surface area contributed by atoms with Crippen molar-refractivity contribution in [1.82, 2.24) is 25.3 Å². The quantitative estimate of drug-likeness (QED) is 0.314. The van der Waals surface area contributed by atoms with Crippen molar-refractivity contribution in [3.8, 4) is 28.4 Å². The van der Waals surface area contributed by atoms with Crippen LogP contribution in [0.2, 0.25) is 5.02 Å². The Morgan fingerprint density at radius 2 is 2.00 bits per heavy atom. The zero-order valence-corrected chi connectivity index (χ0v) is 24.1. The summed E-state index contributed by atoms with van der Waals surface area (Å²) in [6.45, 7) is 10.7. The van der Waals surface area contributed by atoms with Gasteiger partial charge in [0.1, 0.15) is 30.0 Å². The molecule has 216 valence electrons. The van der Waals surface area contributed by atoms with Crippen LogP contribution in [0, 0.1) is 20.8 Å². The number of benzene rings is 1. The largest absolute Gasteiger partial charge is 0.491 e. The average molecular weight is 573 g/mol. The van der Waals surface area contributed by atoms with E-state index in [1.807, 2.05) is 20.8 Å². The van der Waals surface area contributed by atoms with Crippen molar-refractivity contribution in [2.45, 2.75) is 39.0 Å². The number of aliphatic hydroxyl groups excluding tert-OH is 1. The monoisotopic (exact) mass is 572 g/mol. The summed E-state index contributed by atoms with van der Waals surface area (Å²) in [4.78, 5) is 12.3. The Balaban J connectivity index is 1.48. The molecule has 4 heterocycles. The molecule has 2 saturated heterocycles. The molecule has 0 aliphatic carbocycles. The van der Waals surface area contributed by atoms with Crippen LogP contribution in [0.1, 0.15) is 17.0 Å². The second-order valence-electron chi connectivity index (χ2n) is 10.3. The maximum absolute atomic E-state index is 10.1. The maximum Gasteiger partial charge on any atom is 0.163 e. The van der Waals surface area contributed by atoms with Crippen LogP contribution in [0.25, 0.3) is 22.6 Å². The molecule has 2 aliphatic rings. The van der Waals surface area contributed by atoms with E-state index in [1.54, 1.807) is 25.2 Å². The molecule has 2 aromatic heterocycles. The van der Waals surface area contributed by atoms with Crippen LogP contribution >= 0.6 is 11.6 Å². The Labute approximate surface area is 239 Å². The van der Waals surface area contributed by atoms with E-state index >= 15 is 0 Å². The van der Waals surface area contributed by atoms with Crippen molar-refractivity contribution in [2.75, 3.05) is 65.0 Å². The van der Waals surface area contributed by atoms with E-state index in [0.29, 0.717) is 59.5 Å². The number of anilines is 1. The molecule has 5 rings (SSSR count). The highest BCUT2D eigenvalue weighted by Crippen LogP contribution is 2.36. The molecule has 0 spiro atoms. The fourth-order valence-electron chi connectivity index (χ4n) is 5.08. The number of halogens is 1. The second kappa shape index (κ2) is 12.8. The lowest BCUT2D eigenvalue weighted by Gasteiger charge is -2.44. The topological polar surface area (TPSA) is 127 Å². The second-order valence-corrected chi connectivity index (χ2v) is 10.7. The molecular weight excluding hydrogens is 536 g/mol. The van der Waals surface area contributed by atoms with Gasteiger partial charge in [0, 0.05) is 30.8 Å². The smallest absolute Gasteiger partial charge is 0.163 e. The molecule has 1 aromatic carbocycles. The highest BCUT2D eigenvalue weighted by atomic mass is 35.5. The van der Waals surface area contributed by atoms with Crippen molar-refractivity contribution >= 4 is 17.4 Å². The lowest BCUT2D eigenvalue weighted by molar-refractivity contribution is -0.114. The summed E-state index contributed by atoms with van der Waals surface area (Å²) in [5, 5.41) is 21.2. The van der Waals surface area contributed by atoms with Gasteiger partial charge in [-0.25, -0.2) is 9.97 Å². The summed E-state index contributed by atoms with van der Waals surface area (Å²) in [5.41, 5.74) is 3.80. The highest BCUT2D eigenvalue weighted by Gasteiger charge is 2.34. The summed E-state index contributed by atoms with van der Waals surface area (Å²) < 4.78 is 22.6. The minimum absolute atomic E-state index is 0.139. The Hall–Kier alpha value is -2.80. The molecule has 0 bridgehead atoms. The van der Waals surface area contributed by atoms with Crippen LogP contribution in [0.15, 0.2) is 22.7 Å². The summed E-state index contributed by atoms with van der Waals surface area (Å²) in [5.74, 6) is 2.38. The zero-order valence-electron chi connectivity index (χ0n) is 23.4. The molecule has 0 radical (unpaired) electrons. The van der Waals surface area contributed by atoms with Crippen LogP contribution in [0.5, 0.6) is 5.75 Å². The number of morpholine rings is 1. The summed E-state index contributed by atoms with van der Waals surface area (Å²) in [7, 11) is 1.78. The number of nitrogens with one attached hydrogen (secondary N) is 2. The molecule has 2 fully saturated rings. The number of rotatable bonds is 11. The molecule has 40 heavy (non-hydrogen) atoms. The molecule has 3 N–H and O–H groups in total. The normalized spacial score (nSPS) is 18.9. The van der Waals surface area contributed by atoms with Gasteiger partial charge in [0.15, 0.2) is 5.82 Å². The van der Waals surface area contributed by atoms with E-state index in [2.05, 4.69) is 20.7 Å². The van der Waals surface area contributed by atoms with Gasteiger partial charge in [0.05, 0.1) is 60.5 Å². The van der Waals surface area contributed by atoms with Crippen molar-refractivity contribution < 1.29 is 23.8 Å². The molecule has 11 nitrogen and oxygen atoms in total. The third kappa shape index (κ3) is 6.24. The number of hydrogen-bond donors (Lipinski definition) is 3. The van der Waals surface area contributed by atoms with Gasteiger partial charge in [-0.2, -0.15) is 0 Å². The van der Waals surface area contributed by atoms with Gasteiger partial charge in [-0.05, 0) is 46.0 Å². The summed E-state index contributed by atoms with van der Waals surface area (Å²) in [6.07, 6.45) is -0.642. The minimum Gasteiger partial charge on any atom is -0.491 e. The van der Waals surface area contributed by atoms with E-state index in [1.165, 1.54) is 0 Å². The van der Waals surface area contributed by atoms with Gasteiger partial charge >= 0.3 is 0 Å². The number of hydrogen-bond acceptors (Lipinski definition) is 11. The predicted molar refractivity (Wildman–Crippen MR) is 152 cm³/mol. The van der Waals surface area contributed by atoms with E-state index in [9.17, 15) is 5.11 Å². The van der Waals surface area contributed by atoms with Gasteiger partial charge in [0.25, 0.3) is 0 Å². The van der Waals surface area contributed by atoms with Crippen molar-refractivity contribution in [1.29, 1.82) is 0 Å². The van der Waals surface area contributed by atoms with Crippen molar-refractivity contribution in [3.05, 3.63) is 40.2 Å². The lowest BCUT2D eigenvalue weighted by Crippen LogP contribution is -2.59. The number of aliphatic hydroxyl groups is 1. The molecule has 0 saturated carbocycles. The van der Waals surface area contributed by atoms with E-state index in [0.717, 1.165) is 48.9 Å². The summed E-state index contributed by atoms with van der Waals surface area (Å²) in [6, 6.07) is 5.92. The number of aromatic nitrogens is 3. The first-order valence-electron chi connectivity index (χ1n) is 13.6. The molecule has 2 aliphatic heterocycles. The van der Waals surface area contributed by atoms with Crippen LogP contribution in [-0.4, -0.2) is 103 Å². The third-order valence-electron chi connectivity index (χ3n) is 7.34. The van der Waals surface area contributed by atoms with Gasteiger partial charge in [-0.15, -0.1) is 0 Å². The van der Waals surface area contributed by atoms with Crippen molar-refractivity contribution in [3.63, 3.8) is 0 Å². The molecule has 12 heteroatoms. The first-order valence-corrected chi connectivity index (χ1v) is 14.0. The molecule has 2 atom stereocenters. The number of likely N-dealkylation sites (N-methyl/N-ethyl adjacent to an activating group) is 1. The Morgan fingerprint density at radius 1 is 1.18 bits per heavy atom. The van der Waals surface area contributed by atoms with E-state index in [4.69, 9.17) is 40.3 Å². The van der Waals surface area contributed by atoms with Gasteiger partial charge in [-0.1, -0.05) is 16.8 Å². The van der Waals surface area contributed by atoms with Crippen LogP contribution in [0.3, 0.4) is 0 Å². The number of ether oxygens (including phenoxy) is 3. The fourth-order valence-corrected chi connectivity index (χ4v) is 5.28. The number of nitrogens with zero attached hydrogens (tertiary/aromatic N) is 4. The van der Waals surface area contributed by atoms with Crippen LogP contribution in [0.4, 0.5) is 5.82 Å². The highest BCUT2D eigenvalue weighted by molar-refractivity contribution is 6.33.